The molecule has 0 aliphatic heterocycles. The van der Waals surface area contributed by atoms with Crippen molar-refractivity contribution in [2.24, 2.45) is 5.92 Å². The topological polar surface area (TPSA) is 34.1 Å². The molecule has 1 aliphatic rings. The van der Waals surface area contributed by atoms with Crippen molar-refractivity contribution in [1.29, 1.82) is 0 Å². The first-order valence-corrected chi connectivity index (χ1v) is 7.44. The maximum atomic E-state index is 12.3. The lowest BCUT2D eigenvalue weighted by Crippen LogP contribution is -2.27. The molecule has 0 saturated heterocycles. The van der Waals surface area contributed by atoms with Crippen LogP contribution in [-0.4, -0.2) is 13.7 Å². The summed E-state index contributed by atoms with van der Waals surface area (Å²) < 4.78 is 24.7. The number of rotatable bonds is 2. The molecule has 1 saturated carbocycles. The highest BCUT2D eigenvalue weighted by Crippen LogP contribution is 2.31. The van der Waals surface area contributed by atoms with Gasteiger partial charge in [0.15, 0.2) is 9.84 Å². The average molecular weight is 238 g/mol. The van der Waals surface area contributed by atoms with E-state index in [1.54, 1.807) is 24.3 Å². The lowest BCUT2D eigenvalue weighted by atomic mass is 9.91. The monoisotopic (exact) mass is 238 g/mol. The summed E-state index contributed by atoms with van der Waals surface area (Å²) in [5, 5.41) is -0.168. The van der Waals surface area contributed by atoms with E-state index < -0.39 is 9.84 Å². The van der Waals surface area contributed by atoms with Crippen LogP contribution in [0.4, 0.5) is 0 Å². The quantitative estimate of drug-likeness (QED) is 0.793. The Hall–Kier alpha value is -0.830. The van der Waals surface area contributed by atoms with Gasteiger partial charge in [-0.2, -0.15) is 0 Å². The van der Waals surface area contributed by atoms with E-state index in [-0.39, 0.29) is 5.25 Å². The van der Waals surface area contributed by atoms with Crippen molar-refractivity contribution < 1.29 is 8.42 Å². The van der Waals surface area contributed by atoms with Crippen molar-refractivity contribution in [2.45, 2.75) is 42.8 Å². The maximum absolute atomic E-state index is 12.3. The highest BCUT2D eigenvalue weighted by atomic mass is 32.2. The Kier molecular flexibility index (Phi) is 3.33. The van der Waals surface area contributed by atoms with Gasteiger partial charge in [-0.1, -0.05) is 38.0 Å². The summed E-state index contributed by atoms with van der Waals surface area (Å²) in [6.45, 7) is 2.15. The molecule has 1 aliphatic carbocycles. The van der Waals surface area contributed by atoms with E-state index in [9.17, 15) is 8.42 Å². The number of benzene rings is 1. The molecule has 2 nitrogen and oxygen atoms in total. The fraction of sp³-hybridized carbons (Fsp3) is 0.538. The zero-order valence-electron chi connectivity index (χ0n) is 9.59. The standard InChI is InChI=1S/C13H18O2S/c1-11-6-5-9-13(10-11)16(14,15)12-7-3-2-4-8-12/h2-4,7-8,11,13H,5-6,9-10H2,1H3/t11-,13+/m0/s1. The van der Waals surface area contributed by atoms with Gasteiger partial charge in [-0.25, -0.2) is 8.42 Å². The van der Waals surface area contributed by atoms with Gasteiger partial charge in [0.2, 0.25) is 0 Å². The normalized spacial score (nSPS) is 26.6. The lowest BCUT2D eigenvalue weighted by molar-refractivity contribution is 0.382. The molecule has 16 heavy (non-hydrogen) atoms. The summed E-state index contributed by atoms with van der Waals surface area (Å²) in [7, 11) is -3.09. The van der Waals surface area contributed by atoms with Gasteiger partial charge in [0, 0.05) is 0 Å². The van der Waals surface area contributed by atoms with Crippen LogP contribution < -0.4 is 0 Å². The third kappa shape index (κ3) is 2.29. The Labute approximate surface area is 97.6 Å². The van der Waals surface area contributed by atoms with Crippen molar-refractivity contribution in [3.05, 3.63) is 30.3 Å². The third-order valence-electron chi connectivity index (χ3n) is 3.40. The first-order valence-electron chi connectivity index (χ1n) is 5.89. The van der Waals surface area contributed by atoms with Crippen LogP contribution in [0.2, 0.25) is 0 Å². The second-order valence-electron chi connectivity index (χ2n) is 4.75. The number of hydrogen-bond acceptors (Lipinski definition) is 2. The summed E-state index contributed by atoms with van der Waals surface area (Å²) in [4.78, 5) is 0.481. The van der Waals surface area contributed by atoms with Gasteiger partial charge >= 0.3 is 0 Å². The van der Waals surface area contributed by atoms with E-state index in [1.807, 2.05) is 6.07 Å². The molecule has 0 radical (unpaired) electrons. The van der Waals surface area contributed by atoms with Crippen LogP contribution in [-0.2, 0) is 9.84 Å². The van der Waals surface area contributed by atoms with Crippen molar-refractivity contribution in [3.63, 3.8) is 0 Å². The fourth-order valence-electron chi connectivity index (χ4n) is 2.46. The van der Waals surface area contributed by atoms with Gasteiger partial charge < -0.3 is 0 Å². The van der Waals surface area contributed by atoms with Crippen LogP contribution in [0.1, 0.15) is 32.6 Å². The highest BCUT2D eigenvalue weighted by Gasteiger charge is 2.31. The molecule has 0 aromatic heterocycles. The molecule has 2 rings (SSSR count). The molecule has 1 aromatic carbocycles. The van der Waals surface area contributed by atoms with Crippen LogP contribution in [0, 0.1) is 5.92 Å². The SMILES string of the molecule is C[C@H]1CCC[C@@H](S(=O)(=O)c2ccccc2)C1. The lowest BCUT2D eigenvalue weighted by Gasteiger charge is -2.26. The summed E-state index contributed by atoms with van der Waals surface area (Å²) in [6, 6.07) is 8.84. The van der Waals surface area contributed by atoms with Crippen LogP contribution in [0.15, 0.2) is 35.2 Å². The first kappa shape index (κ1) is 11.6. The highest BCUT2D eigenvalue weighted by molar-refractivity contribution is 7.92. The van der Waals surface area contributed by atoms with Crippen molar-refractivity contribution in [2.75, 3.05) is 0 Å². The second kappa shape index (κ2) is 4.58. The average Bonchev–Trinajstić information content (AvgIpc) is 2.30. The second-order valence-corrected chi connectivity index (χ2v) is 6.98. The summed E-state index contributed by atoms with van der Waals surface area (Å²) >= 11 is 0. The Bertz CT molecular complexity index is 436. The van der Waals surface area contributed by atoms with Gasteiger partial charge in [0.25, 0.3) is 0 Å². The molecule has 0 N–H and O–H groups in total. The smallest absolute Gasteiger partial charge is 0.181 e. The Morgan fingerprint density at radius 2 is 1.81 bits per heavy atom. The Morgan fingerprint density at radius 1 is 1.12 bits per heavy atom. The Balaban J connectivity index is 2.26. The third-order valence-corrected chi connectivity index (χ3v) is 5.63. The van der Waals surface area contributed by atoms with Crippen LogP contribution in [0.3, 0.4) is 0 Å². The van der Waals surface area contributed by atoms with E-state index in [4.69, 9.17) is 0 Å². The summed E-state index contributed by atoms with van der Waals surface area (Å²) in [6.07, 6.45) is 3.84. The van der Waals surface area contributed by atoms with E-state index in [0.717, 1.165) is 19.3 Å². The molecule has 1 aromatic rings. The molecule has 0 heterocycles. The minimum atomic E-state index is -3.09. The van der Waals surface area contributed by atoms with Gasteiger partial charge in [-0.05, 0) is 30.9 Å². The molecule has 0 bridgehead atoms. The van der Waals surface area contributed by atoms with Gasteiger partial charge in [-0.3, -0.25) is 0 Å². The fourth-order valence-corrected chi connectivity index (χ4v) is 4.44. The van der Waals surface area contributed by atoms with E-state index in [2.05, 4.69) is 6.92 Å². The molecule has 3 heteroatoms. The van der Waals surface area contributed by atoms with Crippen LogP contribution in [0.5, 0.6) is 0 Å². The van der Waals surface area contributed by atoms with Crippen molar-refractivity contribution in [1.82, 2.24) is 0 Å². The van der Waals surface area contributed by atoms with Crippen LogP contribution >= 0.6 is 0 Å². The van der Waals surface area contributed by atoms with Gasteiger partial charge in [0.05, 0.1) is 10.1 Å². The molecule has 1 fully saturated rings. The predicted molar refractivity (Wildman–Crippen MR) is 65.0 cm³/mol. The van der Waals surface area contributed by atoms with Crippen LogP contribution in [0.25, 0.3) is 0 Å². The zero-order valence-corrected chi connectivity index (χ0v) is 10.4. The predicted octanol–water partition coefficient (Wildman–Crippen LogP) is 3.04. The molecule has 0 amide bonds. The molecule has 0 spiro atoms. The summed E-state index contributed by atoms with van der Waals surface area (Å²) in [5.74, 6) is 0.539. The Morgan fingerprint density at radius 3 is 2.44 bits per heavy atom. The number of sulfone groups is 1. The maximum Gasteiger partial charge on any atom is 0.181 e. The molecule has 2 atom stereocenters. The number of hydrogen-bond donors (Lipinski definition) is 0. The van der Waals surface area contributed by atoms with Gasteiger partial charge in [-0.15, -0.1) is 0 Å². The van der Waals surface area contributed by atoms with Gasteiger partial charge in [0.1, 0.15) is 0 Å². The molecule has 0 unspecified atom stereocenters. The minimum Gasteiger partial charge on any atom is -0.223 e. The van der Waals surface area contributed by atoms with E-state index in [0.29, 0.717) is 10.8 Å². The summed E-state index contributed by atoms with van der Waals surface area (Å²) in [5.41, 5.74) is 0. The first-order chi connectivity index (χ1) is 7.60. The molecule has 88 valence electrons. The van der Waals surface area contributed by atoms with E-state index >= 15 is 0 Å². The molecular formula is C13H18O2S. The minimum absolute atomic E-state index is 0.168. The molecular weight excluding hydrogens is 220 g/mol. The van der Waals surface area contributed by atoms with E-state index in [1.165, 1.54) is 6.42 Å². The van der Waals surface area contributed by atoms with Crippen molar-refractivity contribution in [3.8, 4) is 0 Å². The van der Waals surface area contributed by atoms with Crippen molar-refractivity contribution >= 4 is 9.84 Å². The zero-order chi connectivity index (χ0) is 11.6. The largest absolute Gasteiger partial charge is 0.223 e.